The summed E-state index contributed by atoms with van der Waals surface area (Å²) in [5, 5.41) is 19.0. The van der Waals surface area contributed by atoms with Crippen molar-refractivity contribution in [1.29, 1.82) is 5.26 Å². The van der Waals surface area contributed by atoms with Crippen LogP contribution in [0.3, 0.4) is 0 Å². The maximum Gasteiger partial charge on any atom is 0.259 e. The van der Waals surface area contributed by atoms with E-state index in [9.17, 15) is 5.26 Å². The number of methoxy groups -OCH3 is 2. The van der Waals surface area contributed by atoms with Gasteiger partial charge >= 0.3 is 0 Å². The zero-order valence-corrected chi connectivity index (χ0v) is 42.1. The molecule has 0 radical (unpaired) electrons. The van der Waals surface area contributed by atoms with Gasteiger partial charge in [0.05, 0.1) is 53.1 Å². The lowest BCUT2D eigenvalue weighted by Gasteiger charge is -2.39. The molecule has 0 aliphatic heterocycles. The topological polar surface area (TPSA) is 82.4 Å². The third-order valence-corrected chi connectivity index (χ3v) is 15.2. The van der Waals surface area contributed by atoms with E-state index in [1.54, 1.807) is 14.2 Å². The number of nitriles is 1. The SMILES string of the molecule is COc1ccc(C(OC[C@H](COCc2ccc(C#Cc3ccc4ccc5cccc6ccc3c4c56)c3ccccc23)OP(OCCC#N)N(C(C)C)C(C)C)(c2ccccc2)c2ccc(OC)cc2)cc1. The van der Waals surface area contributed by atoms with Gasteiger partial charge in [-0.25, -0.2) is 4.67 Å². The van der Waals surface area contributed by atoms with Crippen molar-refractivity contribution < 1.29 is 28.0 Å². The second-order valence-corrected chi connectivity index (χ2v) is 19.5. The van der Waals surface area contributed by atoms with Crippen LogP contribution < -0.4 is 9.47 Å². The van der Waals surface area contributed by atoms with Gasteiger partial charge in [0.25, 0.3) is 8.53 Å². The summed E-state index contributed by atoms with van der Waals surface area (Å²) in [6.07, 6.45) is -0.369. The van der Waals surface area contributed by atoms with E-state index >= 15 is 0 Å². The van der Waals surface area contributed by atoms with Crippen LogP contribution in [-0.4, -0.2) is 56.9 Å². The Morgan fingerprint density at radius 2 is 1.10 bits per heavy atom. The molecule has 0 amide bonds. The van der Waals surface area contributed by atoms with Gasteiger partial charge in [0, 0.05) is 23.2 Å². The molecule has 0 aliphatic rings. The first-order valence-electron chi connectivity index (χ1n) is 24.2. The van der Waals surface area contributed by atoms with Gasteiger partial charge in [-0.15, -0.1) is 0 Å². The number of rotatable bonds is 20. The Hall–Kier alpha value is -6.84. The lowest BCUT2D eigenvalue weighted by Crippen LogP contribution is -2.39. The molecule has 0 saturated carbocycles. The molecule has 0 bridgehead atoms. The average molecular weight is 959 g/mol. The number of nitrogens with zero attached hydrogens (tertiary/aromatic N) is 2. The van der Waals surface area contributed by atoms with Crippen LogP contribution in [0.15, 0.2) is 170 Å². The molecule has 9 heteroatoms. The molecule has 8 nitrogen and oxygen atoms in total. The first-order chi connectivity index (χ1) is 34.7. The summed E-state index contributed by atoms with van der Waals surface area (Å²) in [7, 11) is 1.67. The first kappa shape index (κ1) is 49.2. The zero-order chi connectivity index (χ0) is 49.3. The Kier molecular flexibility index (Phi) is 15.6. The van der Waals surface area contributed by atoms with E-state index in [1.807, 2.05) is 66.7 Å². The van der Waals surface area contributed by atoms with Gasteiger partial charge in [0.15, 0.2) is 0 Å². The van der Waals surface area contributed by atoms with Crippen molar-refractivity contribution >= 4 is 51.6 Å². The minimum absolute atomic E-state index is 0.0921. The van der Waals surface area contributed by atoms with Gasteiger partial charge < -0.3 is 28.0 Å². The van der Waals surface area contributed by atoms with Crippen molar-refractivity contribution in [2.45, 2.75) is 64.5 Å². The number of ether oxygens (including phenoxy) is 4. The Morgan fingerprint density at radius 3 is 1.72 bits per heavy atom. The Morgan fingerprint density at radius 1 is 0.549 bits per heavy atom. The molecule has 0 fully saturated rings. The molecule has 358 valence electrons. The molecule has 0 N–H and O–H groups in total. The molecule has 0 spiro atoms. The third-order valence-electron chi connectivity index (χ3n) is 13.0. The molecular formula is C62H59N2O6P. The molecule has 71 heavy (non-hydrogen) atoms. The third kappa shape index (κ3) is 10.5. The lowest BCUT2D eigenvalue weighted by molar-refractivity contribution is -0.0610. The van der Waals surface area contributed by atoms with E-state index in [4.69, 9.17) is 28.0 Å². The predicted octanol–water partition coefficient (Wildman–Crippen LogP) is 14.3. The van der Waals surface area contributed by atoms with Gasteiger partial charge in [-0.3, -0.25) is 0 Å². The molecule has 1 unspecified atom stereocenters. The van der Waals surface area contributed by atoms with Crippen LogP contribution in [0, 0.1) is 23.2 Å². The van der Waals surface area contributed by atoms with Gasteiger partial charge in [-0.2, -0.15) is 5.26 Å². The molecule has 9 aromatic carbocycles. The summed E-state index contributed by atoms with van der Waals surface area (Å²) >= 11 is 0. The van der Waals surface area contributed by atoms with E-state index < -0.39 is 20.2 Å². The molecule has 9 rings (SSSR count). The second kappa shape index (κ2) is 22.5. The first-order valence-corrected chi connectivity index (χ1v) is 25.4. The van der Waals surface area contributed by atoms with Gasteiger partial charge in [-0.05, 0) is 129 Å². The van der Waals surface area contributed by atoms with Crippen LogP contribution in [0.4, 0.5) is 0 Å². The molecule has 9 aromatic rings. The Labute approximate surface area is 418 Å². The van der Waals surface area contributed by atoms with Crippen LogP contribution in [0.1, 0.15) is 67.5 Å². The van der Waals surface area contributed by atoms with Crippen LogP contribution >= 0.6 is 8.53 Å². The lowest BCUT2D eigenvalue weighted by atomic mass is 9.80. The number of benzene rings is 9. The van der Waals surface area contributed by atoms with Crippen LogP contribution in [0.2, 0.25) is 0 Å². The normalized spacial score (nSPS) is 12.7. The molecule has 0 aliphatic carbocycles. The molecular weight excluding hydrogens is 900 g/mol. The van der Waals surface area contributed by atoms with Crippen molar-refractivity contribution in [1.82, 2.24) is 4.67 Å². The van der Waals surface area contributed by atoms with E-state index in [-0.39, 0.29) is 38.3 Å². The fraction of sp³-hybridized carbons (Fsp3) is 0.242. The monoisotopic (exact) mass is 958 g/mol. The van der Waals surface area contributed by atoms with Crippen molar-refractivity contribution in [3.05, 3.63) is 203 Å². The van der Waals surface area contributed by atoms with Crippen LogP contribution in [0.5, 0.6) is 11.5 Å². The van der Waals surface area contributed by atoms with E-state index in [1.165, 1.54) is 26.9 Å². The minimum Gasteiger partial charge on any atom is -0.497 e. The fourth-order valence-electron chi connectivity index (χ4n) is 9.70. The highest BCUT2D eigenvalue weighted by atomic mass is 31.2. The standard InChI is InChI=1S/C62H59N2O6P/c1-43(2)64(44(3)4)71(69-39-13-38-63)70-56(42-68-62(51-16-8-7-9-17-51,52-29-33-54(65-5)34-30-52)53-31-35-55(66-6)36-32-53)41-67-40-50-27-23-45(57-18-10-11-19-58(50)57)20-21-46-22-24-49-26-25-47-14-12-15-48-28-37-59(46)61(49)60(47)48/h7-12,14-19,22-37,43-44,56H,13,39-42H2,1-6H3/t56-,71?/m0/s1. The average Bonchev–Trinajstić information content (AvgIpc) is 3.40. The van der Waals surface area contributed by atoms with Crippen molar-refractivity contribution in [3.8, 4) is 29.4 Å². The molecule has 0 heterocycles. The minimum atomic E-state index is -1.65. The van der Waals surface area contributed by atoms with E-state index in [2.05, 4.69) is 153 Å². The largest absolute Gasteiger partial charge is 0.497 e. The van der Waals surface area contributed by atoms with Gasteiger partial charge in [-0.1, -0.05) is 145 Å². The number of hydrogen-bond donors (Lipinski definition) is 0. The smallest absolute Gasteiger partial charge is 0.259 e. The quantitative estimate of drug-likeness (QED) is 0.0246. The summed E-state index contributed by atoms with van der Waals surface area (Å²) in [5.74, 6) is 8.59. The van der Waals surface area contributed by atoms with E-state index in [0.717, 1.165) is 61.0 Å². The van der Waals surface area contributed by atoms with Gasteiger partial charge in [0.2, 0.25) is 0 Å². The van der Waals surface area contributed by atoms with Crippen LogP contribution in [0.25, 0.3) is 43.1 Å². The Bertz CT molecular complexity index is 3250. The van der Waals surface area contributed by atoms with Crippen molar-refractivity contribution in [3.63, 3.8) is 0 Å². The van der Waals surface area contributed by atoms with Gasteiger partial charge in [0.1, 0.15) is 23.2 Å². The highest BCUT2D eigenvalue weighted by molar-refractivity contribution is 7.44. The number of hydrogen-bond acceptors (Lipinski definition) is 8. The summed E-state index contributed by atoms with van der Waals surface area (Å²) in [4.78, 5) is 0. The molecule has 2 atom stereocenters. The summed E-state index contributed by atoms with van der Waals surface area (Å²) in [6.45, 7) is 9.38. The van der Waals surface area contributed by atoms with Crippen molar-refractivity contribution in [2.24, 2.45) is 0 Å². The molecule has 0 saturated heterocycles. The van der Waals surface area contributed by atoms with Crippen LogP contribution in [-0.2, 0) is 30.7 Å². The highest BCUT2D eigenvalue weighted by Crippen LogP contribution is 2.48. The second-order valence-electron chi connectivity index (χ2n) is 18.1. The van der Waals surface area contributed by atoms with Crippen molar-refractivity contribution in [2.75, 3.05) is 34.0 Å². The molecule has 0 aromatic heterocycles. The maximum absolute atomic E-state index is 9.53. The fourth-order valence-corrected chi connectivity index (χ4v) is 11.4. The highest BCUT2D eigenvalue weighted by Gasteiger charge is 2.40. The Balaban J connectivity index is 1.05. The summed E-state index contributed by atoms with van der Waals surface area (Å²) < 4.78 is 41.2. The maximum atomic E-state index is 9.53. The number of fused-ring (bicyclic) bond motifs is 1. The summed E-state index contributed by atoms with van der Waals surface area (Å²) in [6, 6.07) is 60.9. The zero-order valence-electron chi connectivity index (χ0n) is 41.2. The summed E-state index contributed by atoms with van der Waals surface area (Å²) in [5.41, 5.74) is 4.63. The predicted molar refractivity (Wildman–Crippen MR) is 288 cm³/mol. The van der Waals surface area contributed by atoms with E-state index in [0.29, 0.717) is 6.61 Å².